The third-order valence-electron chi connectivity index (χ3n) is 6.20. The molecule has 28 heavy (non-hydrogen) atoms. The third kappa shape index (κ3) is 6.66. The zero-order valence-corrected chi connectivity index (χ0v) is 18.8. The Bertz CT molecular complexity index is 587. The molecule has 1 fully saturated rings. The Hall–Kier alpha value is -1.26. The molecule has 1 aromatic carbocycles. The molecule has 0 spiro atoms. The maximum Gasteiger partial charge on any atom is 0.161 e. The van der Waals surface area contributed by atoms with Gasteiger partial charge < -0.3 is 19.5 Å². The molecule has 0 radical (unpaired) electrons. The van der Waals surface area contributed by atoms with Gasteiger partial charge >= 0.3 is 0 Å². The van der Waals surface area contributed by atoms with Crippen molar-refractivity contribution in [1.29, 1.82) is 0 Å². The van der Waals surface area contributed by atoms with Crippen LogP contribution in [0.2, 0.25) is 0 Å². The zero-order valence-electron chi connectivity index (χ0n) is 18.8. The first-order chi connectivity index (χ1) is 13.4. The minimum absolute atomic E-state index is 0.409. The van der Waals surface area contributed by atoms with E-state index in [4.69, 9.17) is 14.2 Å². The second-order valence-electron chi connectivity index (χ2n) is 9.16. The van der Waals surface area contributed by atoms with Crippen molar-refractivity contribution in [2.24, 2.45) is 17.3 Å². The summed E-state index contributed by atoms with van der Waals surface area (Å²) in [5.41, 5.74) is 1.64. The number of hydrogen-bond donors (Lipinski definition) is 1. The summed E-state index contributed by atoms with van der Waals surface area (Å²) in [7, 11) is 3.36. The number of methoxy groups -OCH3 is 2. The maximum atomic E-state index is 6.08. The van der Waals surface area contributed by atoms with E-state index >= 15 is 0 Å². The Morgan fingerprint density at radius 2 is 1.86 bits per heavy atom. The lowest BCUT2D eigenvalue weighted by Gasteiger charge is -2.43. The van der Waals surface area contributed by atoms with Crippen LogP contribution in [-0.2, 0) is 11.3 Å². The van der Waals surface area contributed by atoms with E-state index in [0.717, 1.165) is 37.1 Å². The lowest BCUT2D eigenvalue weighted by Crippen LogP contribution is -2.39. The first-order valence-corrected chi connectivity index (χ1v) is 10.9. The van der Waals surface area contributed by atoms with Gasteiger partial charge in [-0.15, -0.1) is 0 Å². The molecule has 0 saturated carbocycles. The number of nitrogens with one attached hydrogen (secondary N) is 1. The fourth-order valence-electron chi connectivity index (χ4n) is 4.19. The van der Waals surface area contributed by atoms with Crippen molar-refractivity contribution in [3.63, 3.8) is 0 Å². The molecule has 1 aliphatic rings. The Balaban J connectivity index is 1.92. The van der Waals surface area contributed by atoms with Gasteiger partial charge in [0.2, 0.25) is 0 Å². The minimum atomic E-state index is 0.409. The Kier molecular flexibility index (Phi) is 9.10. The van der Waals surface area contributed by atoms with E-state index in [2.05, 4.69) is 45.1 Å². The van der Waals surface area contributed by atoms with Crippen LogP contribution in [0.15, 0.2) is 18.2 Å². The average Bonchev–Trinajstić information content (AvgIpc) is 2.69. The summed E-state index contributed by atoms with van der Waals surface area (Å²) in [4.78, 5) is 0. The zero-order chi connectivity index (χ0) is 20.6. The monoisotopic (exact) mass is 391 g/mol. The highest BCUT2D eigenvalue weighted by atomic mass is 16.5. The molecule has 0 bridgehead atoms. The Morgan fingerprint density at radius 3 is 2.50 bits per heavy atom. The molecule has 0 unspecified atom stereocenters. The van der Waals surface area contributed by atoms with Crippen LogP contribution >= 0.6 is 0 Å². The Morgan fingerprint density at radius 1 is 1.11 bits per heavy atom. The number of ether oxygens (including phenoxy) is 3. The minimum Gasteiger partial charge on any atom is -0.493 e. The van der Waals surface area contributed by atoms with Crippen LogP contribution in [-0.4, -0.2) is 33.5 Å². The fourth-order valence-corrected chi connectivity index (χ4v) is 4.19. The molecule has 0 amide bonds. The highest BCUT2D eigenvalue weighted by Gasteiger charge is 2.37. The molecule has 0 aliphatic carbocycles. The van der Waals surface area contributed by atoms with Crippen molar-refractivity contribution in [2.45, 2.75) is 72.4 Å². The molecule has 1 aromatic rings. The van der Waals surface area contributed by atoms with Crippen LogP contribution in [0.4, 0.5) is 0 Å². The smallest absolute Gasteiger partial charge is 0.161 e. The quantitative estimate of drug-likeness (QED) is 0.510. The van der Waals surface area contributed by atoms with Gasteiger partial charge in [-0.3, -0.25) is 0 Å². The highest BCUT2D eigenvalue weighted by molar-refractivity contribution is 5.42. The summed E-state index contributed by atoms with van der Waals surface area (Å²) in [6.07, 6.45) is 6.65. The molecule has 1 heterocycles. The average molecular weight is 392 g/mol. The van der Waals surface area contributed by atoms with Gasteiger partial charge in [0.15, 0.2) is 11.5 Å². The highest BCUT2D eigenvalue weighted by Crippen LogP contribution is 2.43. The van der Waals surface area contributed by atoms with Crippen molar-refractivity contribution >= 4 is 0 Å². The molecular weight excluding hydrogens is 350 g/mol. The van der Waals surface area contributed by atoms with Gasteiger partial charge in [-0.1, -0.05) is 40.2 Å². The van der Waals surface area contributed by atoms with Crippen LogP contribution in [0, 0.1) is 17.3 Å². The predicted molar refractivity (Wildman–Crippen MR) is 116 cm³/mol. The first kappa shape index (κ1) is 23.0. The normalized spacial score (nSPS) is 22.6. The van der Waals surface area contributed by atoms with E-state index in [1.165, 1.54) is 37.7 Å². The van der Waals surface area contributed by atoms with Gasteiger partial charge in [0.05, 0.1) is 20.3 Å². The lowest BCUT2D eigenvalue weighted by atomic mass is 9.69. The second-order valence-corrected chi connectivity index (χ2v) is 9.16. The predicted octanol–water partition coefficient (Wildman–Crippen LogP) is 5.44. The van der Waals surface area contributed by atoms with E-state index in [9.17, 15) is 0 Å². The SMILES string of the molecule is COc1ccc(CNCC[C@]2(CCC(C)C)CCO[C@H](C(C)C)C2)cc1OC. The van der Waals surface area contributed by atoms with Gasteiger partial charge in [0.25, 0.3) is 0 Å². The molecule has 4 nitrogen and oxygen atoms in total. The fraction of sp³-hybridized carbons (Fsp3) is 0.750. The summed E-state index contributed by atoms with van der Waals surface area (Å²) in [5.74, 6) is 2.93. The lowest BCUT2D eigenvalue weighted by molar-refractivity contribution is -0.0761. The summed E-state index contributed by atoms with van der Waals surface area (Å²) in [5, 5.41) is 3.66. The van der Waals surface area contributed by atoms with Crippen molar-refractivity contribution in [3.05, 3.63) is 23.8 Å². The molecule has 1 saturated heterocycles. The van der Waals surface area contributed by atoms with Gasteiger partial charge in [0, 0.05) is 13.2 Å². The largest absolute Gasteiger partial charge is 0.493 e. The van der Waals surface area contributed by atoms with E-state index in [1.54, 1.807) is 14.2 Å². The number of benzene rings is 1. The molecule has 1 N–H and O–H groups in total. The molecule has 160 valence electrons. The molecule has 2 rings (SSSR count). The summed E-state index contributed by atoms with van der Waals surface area (Å²) >= 11 is 0. The van der Waals surface area contributed by atoms with Crippen molar-refractivity contribution in [2.75, 3.05) is 27.4 Å². The van der Waals surface area contributed by atoms with Gasteiger partial charge in [0.1, 0.15) is 0 Å². The van der Waals surface area contributed by atoms with Crippen LogP contribution < -0.4 is 14.8 Å². The van der Waals surface area contributed by atoms with Crippen LogP contribution in [0.1, 0.15) is 65.4 Å². The van der Waals surface area contributed by atoms with E-state index in [1.807, 2.05) is 6.07 Å². The van der Waals surface area contributed by atoms with Crippen LogP contribution in [0.3, 0.4) is 0 Å². The standard InChI is InChI=1S/C24H41NO3/c1-18(2)9-10-24(12-14-28-23(16-24)19(3)4)11-13-25-17-20-7-8-21(26-5)22(15-20)27-6/h7-8,15,18-19,23,25H,9-14,16-17H2,1-6H3/t23-,24+/m0/s1. The maximum absolute atomic E-state index is 6.08. The van der Waals surface area contributed by atoms with E-state index in [-0.39, 0.29) is 0 Å². The van der Waals surface area contributed by atoms with Gasteiger partial charge in [-0.25, -0.2) is 0 Å². The Labute approximate surface area is 172 Å². The summed E-state index contributed by atoms with van der Waals surface area (Å²) < 4.78 is 16.8. The van der Waals surface area contributed by atoms with E-state index < -0.39 is 0 Å². The molecule has 2 atom stereocenters. The molecule has 0 aromatic heterocycles. The van der Waals surface area contributed by atoms with Crippen molar-refractivity contribution in [1.82, 2.24) is 5.32 Å². The summed E-state index contributed by atoms with van der Waals surface area (Å²) in [6, 6.07) is 6.14. The van der Waals surface area contributed by atoms with Gasteiger partial charge in [-0.05, 0) is 67.2 Å². The van der Waals surface area contributed by atoms with Gasteiger partial charge in [-0.2, -0.15) is 0 Å². The van der Waals surface area contributed by atoms with Crippen molar-refractivity contribution in [3.8, 4) is 11.5 Å². The number of hydrogen-bond acceptors (Lipinski definition) is 4. The van der Waals surface area contributed by atoms with Crippen molar-refractivity contribution < 1.29 is 14.2 Å². The molecule has 4 heteroatoms. The second kappa shape index (κ2) is 11.1. The number of rotatable bonds is 11. The third-order valence-corrected chi connectivity index (χ3v) is 6.20. The molecule has 1 aliphatic heterocycles. The van der Waals surface area contributed by atoms with Crippen LogP contribution in [0.25, 0.3) is 0 Å². The topological polar surface area (TPSA) is 39.7 Å². The van der Waals surface area contributed by atoms with E-state index in [0.29, 0.717) is 17.4 Å². The summed E-state index contributed by atoms with van der Waals surface area (Å²) in [6.45, 7) is 12.1. The first-order valence-electron chi connectivity index (χ1n) is 10.9. The molecular formula is C24H41NO3. The van der Waals surface area contributed by atoms with Crippen LogP contribution in [0.5, 0.6) is 11.5 Å².